The molecular weight excluding hydrogens is 217 g/mol. The fraction of sp³-hybridized carbons (Fsp3) is 0.571. The summed E-state index contributed by atoms with van der Waals surface area (Å²) in [5.41, 5.74) is 0.773. The van der Waals surface area contributed by atoms with E-state index in [9.17, 15) is 4.39 Å². The van der Waals surface area contributed by atoms with Gasteiger partial charge < -0.3 is 10.1 Å². The number of rotatable bonds is 4. The lowest BCUT2D eigenvalue weighted by atomic mass is 9.79. The zero-order valence-electron chi connectivity index (χ0n) is 10.6. The quantitative estimate of drug-likeness (QED) is 0.813. The van der Waals surface area contributed by atoms with E-state index in [1.54, 1.807) is 6.07 Å². The SMILES string of the molecule is CCNCCC1(C)COc2cccc(F)c2C1. The van der Waals surface area contributed by atoms with Gasteiger partial charge in [-0.3, -0.25) is 0 Å². The molecule has 2 rings (SSSR count). The van der Waals surface area contributed by atoms with Gasteiger partial charge in [0.05, 0.1) is 6.61 Å². The molecule has 1 aliphatic rings. The van der Waals surface area contributed by atoms with E-state index in [4.69, 9.17) is 4.74 Å². The van der Waals surface area contributed by atoms with Crippen LogP contribution in [0.3, 0.4) is 0 Å². The van der Waals surface area contributed by atoms with Crippen molar-refractivity contribution in [2.75, 3.05) is 19.7 Å². The Morgan fingerprint density at radius 2 is 2.29 bits per heavy atom. The first-order valence-electron chi connectivity index (χ1n) is 6.25. The summed E-state index contributed by atoms with van der Waals surface area (Å²) in [6, 6.07) is 5.07. The van der Waals surface area contributed by atoms with Crippen LogP contribution in [0.5, 0.6) is 5.75 Å². The maximum atomic E-state index is 13.7. The lowest BCUT2D eigenvalue weighted by Crippen LogP contribution is -2.35. The molecule has 0 radical (unpaired) electrons. The van der Waals surface area contributed by atoms with Crippen LogP contribution in [-0.4, -0.2) is 19.7 Å². The van der Waals surface area contributed by atoms with Gasteiger partial charge in [-0.1, -0.05) is 19.9 Å². The summed E-state index contributed by atoms with van der Waals surface area (Å²) in [4.78, 5) is 0. The van der Waals surface area contributed by atoms with Gasteiger partial charge in [0.1, 0.15) is 11.6 Å². The van der Waals surface area contributed by atoms with Crippen molar-refractivity contribution < 1.29 is 9.13 Å². The second-order valence-electron chi connectivity index (χ2n) is 5.10. The number of halogens is 1. The minimum absolute atomic E-state index is 0.0391. The zero-order valence-corrected chi connectivity index (χ0v) is 10.6. The molecule has 0 saturated carbocycles. The van der Waals surface area contributed by atoms with Crippen molar-refractivity contribution in [3.63, 3.8) is 0 Å². The Kier molecular flexibility index (Phi) is 3.67. The van der Waals surface area contributed by atoms with Crippen molar-refractivity contribution in [2.24, 2.45) is 5.41 Å². The Morgan fingerprint density at radius 1 is 1.47 bits per heavy atom. The summed E-state index contributed by atoms with van der Waals surface area (Å²) in [6.07, 6.45) is 1.77. The van der Waals surface area contributed by atoms with E-state index in [-0.39, 0.29) is 11.2 Å². The standard InChI is InChI=1S/C14H20FNO/c1-3-16-8-7-14(2)9-11-12(15)5-4-6-13(11)17-10-14/h4-6,16H,3,7-10H2,1-2H3. The van der Waals surface area contributed by atoms with Crippen molar-refractivity contribution in [3.05, 3.63) is 29.6 Å². The van der Waals surface area contributed by atoms with Crippen LogP contribution >= 0.6 is 0 Å². The van der Waals surface area contributed by atoms with E-state index >= 15 is 0 Å². The zero-order chi connectivity index (χ0) is 12.3. The molecule has 17 heavy (non-hydrogen) atoms. The first-order chi connectivity index (χ1) is 8.14. The van der Waals surface area contributed by atoms with Gasteiger partial charge in [-0.2, -0.15) is 0 Å². The van der Waals surface area contributed by atoms with Crippen LogP contribution < -0.4 is 10.1 Å². The molecule has 0 aliphatic carbocycles. The Hall–Kier alpha value is -1.09. The summed E-state index contributed by atoms with van der Waals surface area (Å²) >= 11 is 0. The Balaban J connectivity index is 2.09. The molecule has 1 aliphatic heterocycles. The van der Waals surface area contributed by atoms with Crippen molar-refractivity contribution >= 4 is 0 Å². The Labute approximate surface area is 102 Å². The van der Waals surface area contributed by atoms with E-state index in [0.29, 0.717) is 12.4 Å². The van der Waals surface area contributed by atoms with Crippen molar-refractivity contribution in [2.45, 2.75) is 26.7 Å². The van der Waals surface area contributed by atoms with Crippen LogP contribution in [0.1, 0.15) is 25.8 Å². The van der Waals surface area contributed by atoms with Gasteiger partial charge in [-0.05, 0) is 38.1 Å². The minimum Gasteiger partial charge on any atom is -0.493 e. The molecule has 0 bridgehead atoms. The summed E-state index contributed by atoms with van der Waals surface area (Å²) < 4.78 is 19.4. The fourth-order valence-corrected chi connectivity index (χ4v) is 2.30. The number of ether oxygens (including phenoxy) is 1. The molecule has 1 unspecified atom stereocenters. The molecule has 0 spiro atoms. The van der Waals surface area contributed by atoms with E-state index in [1.807, 2.05) is 6.07 Å². The van der Waals surface area contributed by atoms with Gasteiger partial charge in [0, 0.05) is 11.0 Å². The van der Waals surface area contributed by atoms with E-state index < -0.39 is 0 Å². The molecule has 0 amide bonds. The molecule has 1 atom stereocenters. The molecule has 1 N–H and O–H groups in total. The van der Waals surface area contributed by atoms with Crippen molar-refractivity contribution in [1.29, 1.82) is 0 Å². The number of benzene rings is 1. The second-order valence-corrected chi connectivity index (χ2v) is 5.10. The summed E-state index contributed by atoms with van der Waals surface area (Å²) in [5.74, 6) is 0.572. The van der Waals surface area contributed by atoms with Gasteiger partial charge in [-0.15, -0.1) is 0 Å². The minimum atomic E-state index is -0.142. The van der Waals surface area contributed by atoms with Crippen LogP contribution in [0.25, 0.3) is 0 Å². The molecule has 2 nitrogen and oxygen atoms in total. The Morgan fingerprint density at radius 3 is 3.06 bits per heavy atom. The van der Waals surface area contributed by atoms with Gasteiger partial charge in [0.15, 0.2) is 0 Å². The Bertz CT molecular complexity index is 394. The summed E-state index contributed by atoms with van der Waals surface area (Å²) in [7, 11) is 0. The van der Waals surface area contributed by atoms with Crippen LogP contribution in [0.4, 0.5) is 4.39 Å². The van der Waals surface area contributed by atoms with Crippen molar-refractivity contribution in [3.8, 4) is 5.75 Å². The first kappa shape index (κ1) is 12.4. The second kappa shape index (κ2) is 5.05. The molecule has 0 saturated heterocycles. The van der Waals surface area contributed by atoms with Crippen LogP contribution in [0.2, 0.25) is 0 Å². The third-order valence-electron chi connectivity index (χ3n) is 3.41. The lowest BCUT2D eigenvalue weighted by molar-refractivity contribution is 0.125. The monoisotopic (exact) mass is 237 g/mol. The summed E-state index contributed by atoms with van der Waals surface area (Å²) in [6.45, 7) is 6.87. The number of fused-ring (bicyclic) bond motifs is 1. The lowest BCUT2D eigenvalue weighted by Gasteiger charge is -2.35. The van der Waals surface area contributed by atoms with E-state index in [0.717, 1.165) is 31.5 Å². The fourth-order valence-electron chi connectivity index (χ4n) is 2.30. The topological polar surface area (TPSA) is 21.3 Å². The number of hydrogen-bond acceptors (Lipinski definition) is 2. The molecular formula is C14H20FNO. The highest BCUT2D eigenvalue weighted by molar-refractivity contribution is 5.37. The normalized spacial score (nSPS) is 23.0. The van der Waals surface area contributed by atoms with E-state index in [2.05, 4.69) is 19.2 Å². The third kappa shape index (κ3) is 2.78. The average Bonchev–Trinajstić information content (AvgIpc) is 2.31. The van der Waals surface area contributed by atoms with E-state index in [1.165, 1.54) is 6.07 Å². The van der Waals surface area contributed by atoms with Gasteiger partial charge in [0.25, 0.3) is 0 Å². The molecule has 3 heteroatoms. The molecule has 94 valence electrons. The number of nitrogens with one attached hydrogen (secondary N) is 1. The van der Waals surface area contributed by atoms with Crippen molar-refractivity contribution in [1.82, 2.24) is 5.32 Å². The predicted octanol–water partition coefficient (Wildman–Crippen LogP) is 2.77. The maximum Gasteiger partial charge on any atom is 0.130 e. The summed E-state index contributed by atoms with van der Waals surface area (Å²) in [5, 5.41) is 3.31. The number of hydrogen-bond donors (Lipinski definition) is 1. The molecule has 1 heterocycles. The van der Waals surface area contributed by atoms with Gasteiger partial charge >= 0.3 is 0 Å². The van der Waals surface area contributed by atoms with Gasteiger partial charge in [-0.25, -0.2) is 4.39 Å². The van der Waals surface area contributed by atoms with Gasteiger partial charge in [0.2, 0.25) is 0 Å². The highest BCUT2D eigenvalue weighted by atomic mass is 19.1. The highest BCUT2D eigenvalue weighted by Gasteiger charge is 2.32. The van der Waals surface area contributed by atoms with Crippen LogP contribution in [0, 0.1) is 11.2 Å². The highest BCUT2D eigenvalue weighted by Crippen LogP contribution is 2.37. The smallest absolute Gasteiger partial charge is 0.130 e. The van der Waals surface area contributed by atoms with Crippen LogP contribution in [0.15, 0.2) is 18.2 Å². The van der Waals surface area contributed by atoms with Crippen LogP contribution in [-0.2, 0) is 6.42 Å². The molecule has 1 aromatic carbocycles. The molecule has 0 aromatic heterocycles. The molecule has 1 aromatic rings. The average molecular weight is 237 g/mol. The molecule has 0 fully saturated rings. The largest absolute Gasteiger partial charge is 0.493 e. The first-order valence-corrected chi connectivity index (χ1v) is 6.25. The maximum absolute atomic E-state index is 13.7. The third-order valence-corrected chi connectivity index (χ3v) is 3.41. The predicted molar refractivity (Wildman–Crippen MR) is 66.9 cm³/mol.